The van der Waals surface area contributed by atoms with Crippen molar-refractivity contribution in [2.75, 3.05) is 26.8 Å². The van der Waals surface area contributed by atoms with E-state index in [4.69, 9.17) is 9.26 Å². The molecular weight excluding hydrogens is 284 g/mol. The molecule has 1 unspecified atom stereocenters. The molecule has 0 saturated carbocycles. The van der Waals surface area contributed by atoms with Gasteiger partial charge >= 0.3 is 5.97 Å². The molecule has 1 aromatic rings. The van der Waals surface area contributed by atoms with Crippen LogP contribution in [0.4, 0.5) is 0 Å². The van der Waals surface area contributed by atoms with Gasteiger partial charge in [-0.25, -0.2) is 0 Å². The van der Waals surface area contributed by atoms with Crippen molar-refractivity contribution in [3.8, 4) is 0 Å². The molecule has 1 aliphatic heterocycles. The van der Waals surface area contributed by atoms with Crippen molar-refractivity contribution in [3.05, 3.63) is 17.5 Å². The molecule has 0 bridgehead atoms. The standard InChI is InChI=1S/C16H26N2O4/c1-12(2)14-9-13(17-22-14)10-18-7-4-5-16(11-18,15(19)20)6-8-21-3/h9,12H,4-8,10-11H2,1-3H3,(H,19,20). The van der Waals surface area contributed by atoms with Gasteiger partial charge in [-0.15, -0.1) is 0 Å². The summed E-state index contributed by atoms with van der Waals surface area (Å²) in [6.07, 6.45) is 2.13. The van der Waals surface area contributed by atoms with Crippen LogP contribution in [0.5, 0.6) is 0 Å². The van der Waals surface area contributed by atoms with Crippen LogP contribution in [0.3, 0.4) is 0 Å². The van der Waals surface area contributed by atoms with Crippen molar-refractivity contribution in [3.63, 3.8) is 0 Å². The van der Waals surface area contributed by atoms with Gasteiger partial charge in [0.2, 0.25) is 0 Å². The van der Waals surface area contributed by atoms with Crippen molar-refractivity contribution in [2.24, 2.45) is 5.41 Å². The van der Waals surface area contributed by atoms with Crippen molar-refractivity contribution < 1.29 is 19.2 Å². The highest BCUT2D eigenvalue weighted by Crippen LogP contribution is 2.34. The average Bonchev–Trinajstić information content (AvgIpc) is 2.94. The molecule has 0 radical (unpaired) electrons. The Kier molecular flexibility index (Phi) is 5.58. The Balaban J connectivity index is 2.03. The molecule has 6 nitrogen and oxygen atoms in total. The topological polar surface area (TPSA) is 75.8 Å². The van der Waals surface area contributed by atoms with E-state index in [1.54, 1.807) is 7.11 Å². The molecule has 1 N–H and O–H groups in total. The van der Waals surface area contributed by atoms with E-state index < -0.39 is 11.4 Å². The zero-order chi connectivity index (χ0) is 16.2. The minimum atomic E-state index is -0.725. The zero-order valence-corrected chi connectivity index (χ0v) is 13.7. The summed E-state index contributed by atoms with van der Waals surface area (Å²) in [5, 5.41) is 13.8. The number of carbonyl (C=O) groups is 1. The summed E-state index contributed by atoms with van der Waals surface area (Å²) in [6.45, 7) is 6.66. The van der Waals surface area contributed by atoms with Gasteiger partial charge in [0.15, 0.2) is 0 Å². The van der Waals surface area contributed by atoms with Crippen LogP contribution in [0.15, 0.2) is 10.6 Å². The number of carboxylic acid groups (broad SMARTS) is 1. The fourth-order valence-electron chi connectivity index (χ4n) is 3.05. The van der Waals surface area contributed by atoms with Crippen LogP contribution in [0.25, 0.3) is 0 Å². The number of likely N-dealkylation sites (tertiary alicyclic amines) is 1. The van der Waals surface area contributed by atoms with E-state index in [2.05, 4.69) is 23.9 Å². The molecule has 0 amide bonds. The molecule has 0 aromatic carbocycles. The van der Waals surface area contributed by atoms with Gasteiger partial charge in [-0.1, -0.05) is 19.0 Å². The van der Waals surface area contributed by atoms with E-state index in [9.17, 15) is 9.90 Å². The molecule has 0 spiro atoms. The number of hydrogen-bond donors (Lipinski definition) is 1. The van der Waals surface area contributed by atoms with Crippen LogP contribution in [0.1, 0.15) is 50.5 Å². The molecule has 2 heterocycles. The molecule has 1 atom stereocenters. The van der Waals surface area contributed by atoms with E-state index in [1.807, 2.05) is 6.07 Å². The fourth-order valence-corrected chi connectivity index (χ4v) is 3.05. The second kappa shape index (κ2) is 7.24. The highest BCUT2D eigenvalue weighted by Gasteiger charge is 2.42. The summed E-state index contributed by atoms with van der Waals surface area (Å²) < 4.78 is 10.4. The van der Waals surface area contributed by atoms with Crippen LogP contribution in [0.2, 0.25) is 0 Å². The number of aromatic nitrogens is 1. The predicted molar refractivity (Wildman–Crippen MR) is 81.7 cm³/mol. The third-order valence-electron chi connectivity index (χ3n) is 4.43. The van der Waals surface area contributed by atoms with E-state index in [0.717, 1.165) is 24.4 Å². The minimum absolute atomic E-state index is 0.308. The molecule has 1 aromatic heterocycles. The number of rotatable bonds is 7. The van der Waals surface area contributed by atoms with Crippen molar-refractivity contribution in [1.29, 1.82) is 0 Å². The summed E-state index contributed by atoms with van der Waals surface area (Å²) in [6, 6.07) is 1.97. The second-order valence-corrected chi connectivity index (χ2v) is 6.52. The Morgan fingerprint density at radius 2 is 2.36 bits per heavy atom. The number of nitrogens with zero attached hydrogens (tertiary/aromatic N) is 2. The van der Waals surface area contributed by atoms with Gasteiger partial charge in [-0.2, -0.15) is 0 Å². The number of piperidine rings is 1. The lowest BCUT2D eigenvalue weighted by atomic mass is 9.77. The van der Waals surface area contributed by atoms with Crippen LogP contribution >= 0.6 is 0 Å². The molecule has 6 heteroatoms. The Bertz CT molecular complexity index is 500. The van der Waals surface area contributed by atoms with Gasteiger partial charge < -0.3 is 14.4 Å². The molecular formula is C16H26N2O4. The molecule has 1 aliphatic rings. The largest absolute Gasteiger partial charge is 0.481 e. The summed E-state index contributed by atoms with van der Waals surface area (Å²) in [7, 11) is 1.61. The highest BCUT2D eigenvalue weighted by atomic mass is 16.5. The van der Waals surface area contributed by atoms with E-state index in [1.165, 1.54) is 0 Å². The lowest BCUT2D eigenvalue weighted by Crippen LogP contribution is -2.48. The lowest BCUT2D eigenvalue weighted by molar-refractivity contribution is -0.154. The van der Waals surface area contributed by atoms with Gasteiger partial charge in [0, 0.05) is 38.8 Å². The first kappa shape index (κ1) is 17.0. The summed E-state index contributed by atoms with van der Waals surface area (Å²) in [5.74, 6) is 0.454. The summed E-state index contributed by atoms with van der Waals surface area (Å²) in [4.78, 5) is 13.9. The fraction of sp³-hybridized carbons (Fsp3) is 0.750. The first-order chi connectivity index (χ1) is 10.5. The average molecular weight is 310 g/mol. The Morgan fingerprint density at radius 1 is 1.59 bits per heavy atom. The maximum absolute atomic E-state index is 11.8. The molecule has 1 fully saturated rings. The Labute approximate surface area is 131 Å². The maximum atomic E-state index is 11.8. The first-order valence-electron chi connectivity index (χ1n) is 7.87. The van der Waals surface area contributed by atoms with E-state index in [0.29, 0.717) is 38.5 Å². The van der Waals surface area contributed by atoms with Crippen LogP contribution in [-0.2, 0) is 16.1 Å². The smallest absolute Gasteiger partial charge is 0.311 e. The molecule has 2 rings (SSSR count). The number of carboxylic acids is 1. The Hall–Kier alpha value is -1.40. The van der Waals surface area contributed by atoms with E-state index in [-0.39, 0.29) is 0 Å². The highest BCUT2D eigenvalue weighted by molar-refractivity contribution is 5.75. The third-order valence-corrected chi connectivity index (χ3v) is 4.43. The van der Waals surface area contributed by atoms with Gasteiger partial charge in [0.05, 0.1) is 11.1 Å². The maximum Gasteiger partial charge on any atom is 0.311 e. The van der Waals surface area contributed by atoms with Crippen molar-refractivity contribution in [1.82, 2.24) is 10.1 Å². The predicted octanol–water partition coefficient (Wildman–Crippen LogP) is 2.50. The zero-order valence-electron chi connectivity index (χ0n) is 13.7. The van der Waals surface area contributed by atoms with Crippen molar-refractivity contribution in [2.45, 2.75) is 45.6 Å². The number of methoxy groups -OCH3 is 1. The normalized spacial score (nSPS) is 23.1. The minimum Gasteiger partial charge on any atom is -0.481 e. The Morgan fingerprint density at radius 3 is 2.95 bits per heavy atom. The van der Waals surface area contributed by atoms with Crippen LogP contribution in [-0.4, -0.2) is 47.9 Å². The molecule has 0 aliphatic carbocycles. The van der Waals surface area contributed by atoms with Crippen LogP contribution in [0, 0.1) is 5.41 Å². The number of hydrogen-bond acceptors (Lipinski definition) is 5. The number of ether oxygens (including phenoxy) is 1. The quantitative estimate of drug-likeness (QED) is 0.834. The monoisotopic (exact) mass is 310 g/mol. The van der Waals surface area contributed by atoms with Crippen LogP contribution < -0.4 is 0 Å². The first-order valence-corrected chi connectivity index (χ1v) is 7.87. The van der Waals surface area contributed by atoms with Gasteiger partial charge in [0.25, 0.3) is 0 Å². The third kappa shape index (κ3) is 3.87. The molecule has 22 heavy (non-hydrogen) atoms. The number of aliphatic carboxylic acids is 1. The van der Waals surface area contributed by atoms with Gasteiger partial charge in [-0.3, -0.25) is 9.69 Å². The summed E-state index contributed by atoms with van der Waals surface area (Å²) >= 11 is 0. The van der Waals surface area contributed by atoms with E-state index >= 15 is 0 Å². The molecule has 124 valence electrons. The molecule has 1 saturated heterocycles. The SMILES string of the molecule is COCCC1(C(=O)O)CCCN(Cc2cc(C(C)C)on2)C1. The summed E-state index contributed by atoms with van der Waals surface area (Å²) in [5.41, 5.74) is 0.162. The van der Waals surface area contributed by atoms with Gasteiger partial charge in [0.1, 0.15) is 5.76 Å². The van der Waals surface area contributed by atoms with Crippen molar-refractivity contribution >= 4 is 5.97 Å². The lowest BCUT2D eigenvalue weighted by Gasteiger charge is -2.39. The second-order valence-electron chi connectivity index (χ2n) is 6.52. The van der Waals surface area contributed by atoms with Gasteiger partial charge in [-0.05, 0) is 25.8 Å².